The van der Waals surface area contributed by atoms with E-state index >= 15 is 0 Å². The van der Waals surface area contributed by atoms with E-state index in [9.17, 15) is 14.7 Å². The Morgan fingerprint density at radius 1 is 0.571 bits per heavy atom. The number of hydrogen-bond donors (Lipinski definition) is 1. The maximum Gasteiger partial charge on any atom is 0.307 e. The predicted molar refractivity (Wildman–Crippen MR) is 181 cm³/mol. The predicted octanol–water partition coefficient (Wildman–Crippen LogP) is 11.8. The van der Waals surface area contributed by atoms with Gasteiger partial charge in [-0.2, -0.15) is 0 Å². The molecule has 0 rings (SSSR count). The van der Waals surface area contributed by atoms with Gasteiger partial charge in [0.1, 0.15) is 6.10 Å². The second-order valence-corrected chi connectivity index (χ2v) is 11.3. The molecule has 0 bridgehead atoms. The monoisotopic (exact) mass is 584 g/mol. The van der Waals surface area contributed by atoms with Crippen LogP contribution in [0, 0.1) is 0 Å². The van der Waals surface area contributed by atoms with Crippen LogP contribution in [0.5, 0.6) is 0 Å². The standard InChI is InChI=1S/C38H64O4/c1-3-5-7-9-11-13-14-15-16-17-18-19-20-21-22-23-24-26-28-30-32-34-38(41)42-36(35-37(39)40)33-31-29-27-25-12-10-8-6-4-2/h5,7,11,13,15-16,18-19,21-22,36H,3-4,6,8-10,12,14,17,20,23-35H2,1-2H3,(H,39,40)/b7-5-,13-11-,16-15-,19-18-,22-21-. The van der Waals surface area contributed by atoms with Crippen LogP contribution >= 0.6 is 0 Å². The number of carbonyl (C=O) groups is 2. The Morgan fingerprint density at radius 2 is 1.02 bits per heavy atom. The zero-order valence-electron chi connectivity index (χ0n) is 27.3. The van der Waals surface area contributed by atoms with Crippen LogP contribution in [0.25, 0.3) is 0 Å². The molecule has 0 aromatic rings. The minimum atomic E-state index is -0.892. The molecule has 4 heteroatoms. The van der Waals surface area contributed by atoms with Crippen molar-refractivity contribution in [2.75, 3.05) is 0 Å². The van der Waals surface area contributed by atoms with Crippen molar-refractivity contribution in [2.45, 2.75) is 168 Å². The second kappa shape index (κ2) is 33.1. The molecule has 0 saturated heterocycles. The van der Waals surface area contributed by atoms with Gasteiger partial charge in [0.2, 0.25) is 0 Å². The molecular weight excluding hydrogens is 520 g/mol. The maximum atomic E-state index is 12.3. The molecule has 0 aromatic heterocycles. The number of aliphatic carboxylic acids is 1. The van der Waals surface area contributed by atoms with E-state index in [1.807, 2.05) is 0 Å². The third-order valence-electron chi connectivity index (χ3n) is 7.24. The lowest BCUT2D eigenvalue weighted by Crippen LogP contribution is -2.21. The summed E-state index contributed by atoms with van der Waals surface area (Å²) in [4.78, 5) is 23.5. The van der Waals surface area contributed by atoms with Crippen LogP contribution in [-0.2, 0) is 14.3 Å². The van der Waals surface area contributed by atoms with Crippen LogP contribution in [0.15, 0.2) is 60.8 Å². The number of carboxylic acid groups (broad SMARTS) is 1. The third-order valence-corrected chi connectivity index (χ3v) is 7.24. The lowest BCUT2D eigenvalue weighted by Gasteiger charge is -2.16. The molecule has 0 aliphatic carbocycles. The Labute approximate surface area is 259 Å². The first kappa shape index (κ1) is 39.6. The van der Waals surface area contributed by atoms with Gasteiger partial charge < -0.3 is 9.84 Å². The largest absolute Gasteiger partial charge is 0.481 e. The smallest absolute Gasteiger partial charge is 0.307 e. The van der Waals surface area contributed by atoms with Crippen LogP contribution in [-0.4, -0.2) is 23.1 Å². The normalized spacial score (nSPS) is 13.0. The van der Waals surface area contributed by atoms with E-state index in [1.165, 1.54) is 57.8 Å². The van der Waals surface area contributed by atoms with Gasteiger partial charge in [-0.1, -0.05) is 145 Å². The number of allylic oxidation sites excluding steroid dienone is 10. The van der Waals surface area contributed by atoms with E-state index in [1.54, 1.807) is 0 Å². The molecule has 0 aliphatic heterocycles. The van der Waals surface area contributed by atoms with Gasteiger partial charge in [0.05, 0.1) is 6.42 Å². The number of carboxylic acids is 1. The lowest BCUT2D eigenvalue weighted by molar-refractivity contribution is -0.153. The quantitative estimate of drug-likeness (QED) is 0.0518. The molecule has 0 saturated carbocycles. The minimum absolute atomic E-state index is 0.0848. The summed E-state index contributed by atoms with van der Waals surface area (Å²) in [6, 6.07) is 0. The molecule has 0 aromatic carbocycles. The summed E-state index contributed by atoms with van der Waals surface area (Å²) in [6.07, 6.45) is 45.2. The van der Waals surface area contributed by atoms with Crippen LogP contribution in [0.3, 0.4) is 0 Å². The highest BCUT2D eigenvalue weighted by Crippen LogP contribution is 2.16. The van der Waals surface area contributed by atoms with E-state index in [4.69, 9.17) is 4.74 Å². The summed E-state index contributed by atoms with van der Waals surface area (Å²) in [5.41, 5.74) is 0. The Kier molecular flexibility index (Phi) is 31.3. The molecule has 0 radical (unpaired) electrons. The summed E-state index contributed by atoms with van der Waals surface area (Å²) in [5.74, 6) is -1.13. The number of ether oxygens (including phenoxy) is 1. The van der Waals surface area contributed by atoms with Gasteiger partial charge in [0, 0.05) is 6.42 Å². The average Bonchev–Trinajstić information content (AvgIpc) is 2.96. The Morgan fingerprint density at radius 3 is 1.55 bits per heavy atom. The van der Waals surface area contributed by atoms with Gasteiger partial charge in [-0.25, -0.2) is 0 Å². The third kappa shape index (κ3) is 32.2. The van der Waals surface area contributed by atoms with Crippen molar-refractivity contribution < 1.29 is 19.4 Å². The summed E-state index contributed by atoms with van der Waals surface area (Å²) < 4.78 is 5.53. The van der Waals surface area contributed by atoms with E-state index in [2.05, 4.69) is 74.6 Å². The molecule has 4 nitrogen and oxygen atoms in total. The summed E-state index contributed by atoms with van der Waals surface area (Å²) in [5, 5.41) is 9.19. The van der Waals surface area contributed by atoms with Gasteiger partial charge in [0.15, 0.2) is 0 Å². The molecule has 240 valence electrons. The van der Waals surface area contributed by atoms with Crippen molar-refractivity contribution in [2.24, 2.45) is 0 Å². The van der Waals surface area contributed by atoms with Crippen LogP contribution < -0.4 is 0 Å². The first-order valence-corrected chi connectivity index (χ1v) is 17.3. The van der Waals surface area contributed by atoms with Crippen LogP contribution in [0.1, 0.15) is 162 Å². The number of carbonyl (C=O) groups excluding carboxylic acids is 1. The zero-order valence-corrected chi connectivity index (χ0v) is 27.3. The molecule has 1 atom stereocenters. The Bertz CT molecular complexity index is 759. The van der Waals surface area contributed by atoms with Crippen molar-refractivity contribution in [1.29, 1.82) is 0 Å². The highest BCUT2D eigenvalue weighted by Gasteiger charge is 2.17. The highest BCUT2D eigenvalue weighted by atomic mass is 16.5. The molecule has 0 amide bonds. The SMILES string of the molecule is CC/C=C\C/C=C\C/C=C\C/C=C\C/C=C\CCCCCCCC(=O)OC(CCCCCCCCCCC)CC(=O)O. The van der Waals surface area contributed by atoms with E-state index in [-0.39, 0.29) is 12.4 Å². The van der Waals surface area contributed by atoms with Crippen molar-refractivity contribution in [3.63, 3.8) is 0 Å². The Hall–Kier alpha value is -2.36. The first-order valence-electron chi connectivity index (χ1n) is 17.3. The number of rotatable bonds is 30. The molecule has 0 fully saturated rings. The maximum absolute atomic E-state index is 12.3. The van der Waals surface area contributed by atoms with Gasteiger partial charge in [0.25, 0.3) is 0 Å². The number of esters is 1. The van der Waals surface area contributed by atoms with Crippen molar-refractivity contribution in [3.8, 4) is 0 Å². The van der Waals surface area contributed by atoms with Gasteiger partial charge in [-0.3, -0.25) is 9.59 Å². The Balaban J connectivity index is 3.73. The fourth-order valence-corrected chi connectivity index (χ4v) is 4.76. The van der Waals surface area contributed by atoms with E-state index in [0.717, 1.165) is 70.6 Å². The minimum Gasteiger partial charge on any atom is -0.481 e. The van der Waals surface area contributed by atoms with Crippen molar-refractivity contribution >= 4 is 11.9 Å². The molecule has 42 heavy (non-hydrogen) atoms. The molecule has 0 heterocycles. The van der Waals surface area contributed by atoms with Crippen LogP contribution in [0.4, 0.5) is 0 Å². The second-order valence-electron chi connectivity index (χ2n) is 11.3. The summed E-state index contributed by atoms with van der Waals surface area (Å²) >= 11 is 0. The van der Waals surface area contributed by atoms with Gasteiger partial charge in [-0.15, -0.1) is 0 Å². The zero-order chi connectivity index (χ0) is 30.8. The summed E-state index contributed by atoms with van der Waals surface area (Å²) in [6.45, 7) is 4.39. The van der Waals surface area contributed by atoms with E-state index in [0.29, 0.717) is 12.8 Å². The lowest BCUT2D eigenvalue weighted by atomic mass is 10.0. The van der Waals surface area contributed by atoms with Crippen molar-refractivity contribution in [3.05, 3.63) is 60.8 Å². The first-order chi connectivity index (χ1) is 20.6. The topological polar surface area (TPSA) is 63.6 Å². The molecule has 1 N–H and O–H groups in total. The van der Waals surface area contributed by atoms with Crippen molar-refractivity contribution in [1.82, 2.24) is 0 Å². The van der Waals surface area contributed by atoms with Gasteiger partial charge >= 0.3 is 11.9 Å². The average molecular weight is 585 g/mol. The summed E-state index contributed by atoms with van der Waals surface area (Å²) in [7, 11) is 0. The molecule has 1 unspecified atom stereocenters. The fourth-order valence-electron chi connectivity index (χ4n) is 4.76. The molecule has 0 spiro atoms. The molecular formula is C38H64O4. The fraction of sp³-hybridized carbons (Fsp3) is 0.684. The van der Waals surface area contributed by atoms with E-state index < -0.39 is 12.1 Å². The highest BCUT2D eigenvalue weighted by molar-refractivity contribution is 5.71. The number of hydrogen-bond acceptors (Lipinski definition) is 3. The number of unbranched alkanes of at least 4 members (excludes halogenated alkanes) is 13. The van der Waals surface area contributed by atoms with Gasteiger partial charge in [-0.05, 0) is 64.2 Å². The van der Waals surface area contributed by atoms with Crippen LogP contribution in [0.2, 0.25) is 0 Å². The molecule has 0 aliphatic rings.